The molecule has 1 fully saturated rings. The molecule has 5 rings (SSSR count). The Bertz CT molecular complexity index is 1690. The number of esters is 2. The summed E-state index contributed by atoms with van der Waals surface area (Å²) >= 11 is 14.0. The van der Waals surface area contributed by atoms with E-state index >= 15 is 0 Å². The highest BCUT2D eigenvalue weighted by molar-refractivity contribution is 7.13. The molecular formula is C36H39Cl2N3O7S. The third-order valence-corrected chi connectivity index (χ3v) is 10.0. The molecule has 2 aromatic heterocycles. The van der Waals surface area contributed by atoms with Crippen LogP contribution in [0.2, 0.25) is 10.0 Å². The second-order valence-corrected chi connectivity index (χ2v) is 13.5. The monoisotopic (exact) mass is 727 g/mol. The summed E-state index contributed by atoms with van der Waals surface area (Å²) in [5.74, 6) is 0.0495. The van der Waals surface area contributed by atoms with Gasteiger partial charge < -0.3 is 24.2 Å². The number of hydrogen-bond donors (Lipinski definition) is 1. The number of hydrogen-bond acceptors (Lipinski definition) is 10. The first-order chi connectivity index (χ1) is 23.7. The number of likely N-dealkylation sites (tertiary alicyclic amines) is 1. The van der Waals surface area contributed by atoms with Crippen molar-refractivity contribution in [3.05, 3.63) is 115 Å². The van der Waals surface area contributed by atoms with Crippen LogP contribution in [-0.2, 0) is 27.2 Å². The molecule has 2 aromatic carbocycles. The number of carbonyl (C=O) groups excluding carboxylic acids is 2. The average molecular weight is 729 g/mol. The van der Waals surface area contributed by atoms with E-state index < -0.39 is 18.1 Å². The number of piperidine rings is 1. The first-order valence-corrected chi connectivity index (χ1v) is 17.6. The van der Waals surface area contributed by atoms with E-state index in [9.17, 15) is 14.8 Å². The summed E-state index contributed by atoms with van der Waals surface area (Å²) in [6, 6.07) is 17.5. The Kier molecular flexibility index (Phi) is 13.1. The largest absolute Gasteiger partial charge is 0.619 e. The molecule has 0 aliphatic carbocycles. The molecule has 260 valence electrons. The number of thiophene rings is 1. The van der Waals surface area contributed by atoms with E-state index in [1.54, 1.807) is 24.3 Å². The number of aromatic nitrogens is 1. The minimum atomic E-state index is -0.837. The van der Waals surface area contributed by atoms with E-state index in [-0.39, 0.29) is 22.4 Å². The van der Waals surface area contributed by atoms with Gasteiger partial charge in [-0.05, 0) is 61.3 Å². The van der Waals surface area contributed by atoms with Crippen molar-refractivity contribution in [3.63, 3.8) is 0 Å². The summed E-state index contributed by atoms with van der Waals surface area (Å²) in [5.41, 5.74) is 1.86. The number of methoxy groups -OCH3 is 2. The van der Waals surface area contributed by atoms with Gasteiger partial charge >= 0.3 is 11.9 Å². The zero-order valence-corrected chi connectivity index (χ0v) is 29.7. The molecule has 0 spiro atoms. The van der Waals surface area contributed by atoms with Gasteiger partial charge in [0.2, 0.25) is 0 Å². The fourth-order valence-electron chi connectivity index (χ4n) is 5.69. The number of pyridine rings is 1. The van der Waals surface area contributed by atoms with Crippen LogP contribution in [0.5, 0.6) is 11.5 Å². The Morgan fingerprint density at radius 3 is 2.35 bits per heavy atom. The van der Waals surface area contributed by atoms with Crippen LogP contribution >= 0.6 is 34.5 Å². The Balaban J connectivity index is 1.28. The molecule has 0 amide bonds. The minimum Gasteiger partial charge on any atom is -0.619 e. The van der Waals surface area contributed by atoms with Crippen molar-refractivity contribution >= 4 is 46.5 Å². The van der Waals surface area contributed by atoms with Crippen molar-refractivity contribution in [2.24, 2.45) is 0 Å². The highest BCUT2D eigenvalue weighted by Crippen LogP contribution is 2.36. The lowest BCUT2D eigenvalue weighted by molar-refractivity contribution is -0.605. The Morgan fingerprint density at radius 1 is 0.939 bits per heavy atom. The molecule has 0 bridgehead atoms. The van der Waals surface area contributed by atoms with Crippen LogP contribution < -0.4 is 19.5 Å². The minimum absolute atomic E-state index is 0.0954. The van der Waals surface area contributed by atoms with Crippen molar-refractivity contribution in [1.82, 2.24) is 10.2 Å². The van der Waals surface area contributed by atoms with Crippen molar-refractivity contribution in [1.29, 1.82) is 0 Å². The molecule has 3 heterocycles. The van der Waals surface area contributed by atoms with Crippen LogP contribution in [0.3, 0.4) is 0 Å². The number of carbonyl (C=O) groups is 2. The van der Waals surface area contributed by atoms with Crippen molar-refractivity contribution in [2.75, 3.05) is 40.5 Å². The maximum atomic E-state index is 13.6. The summed E-state index contributed by atoms with van der Waals surface area (Å²) in [6.07, 6.45) is 5.25. The van der Waals surface area contributed by atoms with Crippen molar-refractivity contribution < 1.29 is 33.3 Å². The summed E-state index contributed by atoms with van der Waals surface area (Å²) in [4.78, 5) is 30.3. The fourth-order valence-corrected chi connectivity index (χ4v) is 7.13. The lowest BCUT2D eigenvalue weighted by Gasteiger charge is -2.26. The smallest absolute Gasteiger partial charge is 0.348 e. The molecule has 0 saturated carbocycles. The van der Waals surface area contributed by atoms with Crippen LogP contribution in [0.25, 0.3) is 0 Å². The van der Waals surface area contributed by atoms with Crippen LogP contribution in [0.15, 0.2) is 73.1 Å². The van der Waals surface area contributed by atoms with Gasteiger partial charge in [-0.3, -0.25) is 10.2 Å². The average Bonchev–Trinajstić information content (AvgIpc) is 3.59. The van der Waals surface area contributed by atoms with Gasteiger partial charge in [-0.2, -0.15) is 4.73 Å². The van der Waals surface area contributed by atoms with Crippen LogP contribution in [0.1, 0.15) is 62.6 Å². The van der Waals surface area contributed by atoms with Gasteiger partial charge in [0.05, 0.1) is 14.2 Å². The number of rotatable bonds is 15. The molecular weight excluding hydrogens is 689 g/mol. The molecule has 0 radical (unpaired) electrons. The molecule has 1 aliphatic heterocycles. The van der Waals surface area contributed by atoms with Crippen molar-refractivity contribution in [2.45, 2.75) is 44.4 Å². The molecule has 49 heavy (non-hydrogen) atoms. The van der Waals surface area contributed by atoms with E-state index in [2.05, 4.69) is 10.2 Å². The van der Waals surface area contributed by atoms with E-state index in [1.165, 1.54) is 57.2 Å². The fraction of sp³-hybridized carbons (Fsp3) is 0.361. The molecule has 1 saturated heterocycles. The van der Waals surface area contributed by atoms with Crippen LogP contribution in [0.4, 0.5) is 0 Å². The van der Waals surface area contributed by atoms with Crippen LogP contribution in [0, 0.1) is 5.21 Å². The van der Waals surface area contributed by atoms with E-state index in [0.717, 1.165) is 30.1 Å². The highest BCUT2D eigenvalue weighted by atomic mass is 35.5. The predicted molar refractivity (Wildman–Crippen MR) is 188 cm³/mol. The Labute approximate surface area is 300 Å². The topological polar surface area (TPSA) is 113 Å². The summed E-state index contributed by atoms with van der Waals surface area (Å²) in [6.45, 7) is 3.43. The second kappa shape index (κ2) is 17.7. The zero-order valence-electron chi connectivity index (χ0n) is 27.4. The maximum Gasteiger partial charge on any atom is 0.348 e. The van der Waals surface area contributed by atoms with Crippen LogP contribution in [-0.4, -0.2) is 57.3 Å². The zero-order chi connectivity index (χ0) is 34.8. The lowest BCUT2D eigenvalue weighted by Crippen LogP contribution is -2.35. The van der Waals surface area contributed by atoms with Gasteiger partial charge in [0.15, 0.2) is 23.9 Å². The third-order valence-electron chi connectivity index (χ3n) is 8.29. The lowest BCUT2D eigenvalue weighted by atomic mass is 10.0. The maximum absolute atomic E-state index is 13.6. The SMILES string of the molecule is COc1ccc(C(Cc2c(Cl)c[n+]([O-])cc2Cl)OC(=O)c2ccc(CNC(C(=O)OCCN3CCCCC3)c3ccccc3)s2)cc1OC. The molecule has 1 N–H and O–H groups in total. The first kappa shape index (κ1) is 36.4. The number of nitrogens with one attached hydrogen (secondary N) is 1. The number of nitrogens with zero attached hydrogens (tertiary/aromatic N) is 2. The molecule has 13 heteroatoms. The second-order valence-electron chi connectivity index (χ2n) is 11.6. The van der Waals surface area contributed by atoms with Gasteiger partial charge in [0.1, 0.15) is 33.7 Å². The molecule has 2 atom stereocenters. The summed E-state index contributed by atoms with van der Waals surface area (Å²) < 4.78 is 23.1. The van der Waals surface area contributed by atoms with Gasteiger partial charge in [-0.1, -0.05) is 66.0 Å². The quantitative estimate of drug-likeness (QED) is 0.0812. The molecule has 4 aromatic rings. The standard InChI is InChI=1S/C36H39Cl2N3O7S/c1-45-30-13-11-25(19-32(30)46-2)31(20-27-28(37)22-41(44)23-29(27)38)48-35(42)33-14-12-26(49-33)21-39-34(24-9-5-3-6-10-24)36(43)47-18-17-40-15-7-4-8-16-40/h3,5-6,9-14,19,22-23,31,34,39H,4,7-8,15-18,20-21H2,1-2H3. The Hall–Kier alpha value is -3.87. The molecule has 10 nitrogen and oxygen atoms in total. The van der Waals surface area contributed by atoms with Gasteiger partial charge in [-0.15, -0.1) is 11.3 Å². The third kappa shape index (κ3) is 9.86. The normalized spacial score (nSPS) is 14.5. The predicted octanol–water partition coefficient (Wildman–Crippen LogP) is 6.71. The van der Waals surface area contributed by atoms with Gasteiger partial charge in [-0.25, -0.2) is 9.59 Å². The molecule has 2 unspecified atom stereocenters. The number of ether oxygens (including phenoxy) is 4. The first-order valence-electron chi connectivity index (χ1n) is 16.0. The Morgan fingerprint density at radius 2 is 1.65 bits per heavy atom. The number of halogens is 2. The molecule has 1 aliphatic rings. The van der Waals surface area contributed by atoms with Gasteiger partial charge in [0.25, 0.3) is 0 Å². The van der Waals surface area contributed by atoms with Crippen molar-refractivity contribution in [3.8, 4) is 11.5 Å². The highest BCUT2D eigenvalue weighted by Gasteiger charge is 2.26. The summed E-state index contributed by atoms with van der Waals surface area (Å²) in [5, 5.41) is 15.5. The van der Waals surface area contributed by atoms with E-state index in [4.69, 9.17) is 42.1 Å². The number of benzene rings is 2. The van der Waals surface area contributed by atoms with E-state index in [0.29, 0.717) is 45.4 Å². The van der Waals surface area contributed by atoms with E-state index in [1.807, 2.05) is 36.4 Å². The van der Waals surface area contributed by atoms with Gasteiger partial charge in [0, 0.05) is 30.0 Å². The summed E-state index contributed by atoms with van der Waals surface area (Å²) in [7, 11) is 3.04.